The van der Waals surface area contributed by atoms with Crippen LogP contribution in [0.3, 0.4) is 0 Å². The van der Waals surface area contributed by atoms with Gasteiger partial charge in [-0.3, -0.25) is 14.4 Å². The Morgan fingerprint density at radius 3 is 2.31 bits per heavy atom. The van der Waals surface area contributed by atoms with Gasteiger partial charge in [-0.2, -0.15) is 0 Å². The summed E-state index contributed by atoms with van der Waals surface area (Å²) in [6.07, 6.45) is 3.80. The molecule has 3 heterocycles. The van der Waals surface area contributed by atoms with Gasteiger partial charge in [0.25, 0.3) is 0 Å². The maximum absolute atomic E-state index is 14.0. The number of carbonyl (C=O) groups is 3. The molecule has 7 nitrogen and oxygen atoms in total. The number of hydrogen-bond donors (Lipinski definition) is 0. The number of amides is 2. The second-order valence-electron chi connectivity index (χ2n) is 9.11. The number of nitrogens with zero attached hydrogens (tertiary/aromatic N) is 2. The molecule has 0 aliphatic carbocycles. The van der Waals surface area contributed by atoms with E-state index in [0.717, 1.165) is 11.1 Å². The number of methoxy groups -OCH3 is 2. The van der Waals surface area contributed by atoms with Gasteiger partial charge in [-0.25, -0.2) is 4.90 Å². The zero-order valence-corrected chi connectivity index (χ0v) is 19.8. The second kappa shape index (κ2) is 8.37. The van der Waals surface area contributed by atoms with Gasteiger partial charge in [0, 0.05) is 17.8 Å². The molecule has 0 aromatic heterocycles. The molecule has 0 spiro atoms. The van der Waals surface area contributed by atoms with E-state index in [1.807, 2.05) is 47.5 Å². The van der Waals surface area contributed by atoms with E-state index < -0.39 is 29.8 Å². The van der Waals surface area contributed by atoms with Crippen molar-refractivity contribution in [2.75, 3.05) is 19.1 Å². The molecule has 36 heavy (non-hydrogen) atoms. The number of rotatable bonds is 5. The first kappa shape index (κ1) is 22.1. The topological polar surface area (TPSA) is 76.2 Å². The Bertz CT molecular complexity index is 1420. The summed E-state index contributed by atoms with van der Waals surface area (Å²) in [7, 11) is 3.02. The summed E-state index contributed by atoms with van der Waals surface area (Å²) in [6.45, 7) is 0. The Hall–Kier alpha value is -4.39. The Balaban J connectivity index is 1.50. The van der Waals surface area contributed by atoms with Crippen molar-refractivity contribution in [3.63, 3.8) is 0 Å². The molecule has 0 bridgehead atoms. The molecule has 2 amide bonds. The lowest BCUT2D eigenvalue weighted by Gasteiger charge is -2.35. The SMILES string of the molecule is COc1ccc(N2C(=O)[C@@H]3[C@@H](C2=O)[C@H]2c4ccccc4C=CN2[C@@H]3C(=O)c2ccccc2)c(OC)c1. The lowest BCUT2D eigenvalue weighted by Crippen LogP contribution is -2.44. The van der Waals surface area contributed by atoms with Crippen LogP contribution in [0.4, 0.5) is 5.69 Å². The Morgan fingerprint density at radius 1 is 0.833 bits per heavy atom. The standard InChI is InChI=1S/C29H24N2O5/c1-35-19-12-13-21(22(16-19)36-2)31-28(33)23-24(29(31)34)26(27(32)18-9-4-3-5-10-18)30-15-14-17-8-6-7-11-20(17)25(23)30/h3-16,23-26H,1-2H3/t23-,24-,25-,26+/m1/s1. The molecule has 180 valence electrons. The zero-order valence-electron chi connectivity index (χ0n) is 19.8. The number of benzene rings is 3. The molecule has 3 aromatic carbocycles. The van der Waals surface area contributed by atoms with Crippen LogP contribution in [0.5, 0.6) is 11.5 Å². The van der Waals surface area contributed by atoms with Gasteiger partial charge in [-0.05, 0) is 29.3 Å². The summed E-state index contributed by atoms with van der Waals surface area (Å²) in [5.41, 5.74) is 2.77. The second-order valence-corrected chi connectivity index (χ2v) is 9.11. The van der Waals surface area contributed by atoms with Gasteiger partial charge < -0.3 is 14.4 Å². The molecule has 0 N–H and O–H groups in total. The van der Waals surface area contributed by atoms with Gasteiger partial charge >= 0.3 is 0 Å². The van der Waals surface area contributed by atoms with Gasteiger partial charge in [-0.1, -0.05) is 54.6 Å². The van der Waals surface area contributed by atoms with Crippen molar-refractivity contribution in [3.8, 4) is 11.5 Å². The molecule has 0 radical (unpaired) electrons. The highest BCUT2D eigenvalue weighted by Crippen LogP contribution is 2.54. The van der Waals surface area contributed by atoms with Gasteiger partial charge in [0.1, 0.15) is 17.5 Å². The lowest BCUT2D eigenvalue weighted by atomic mass is 9.83. The number of ether oxygens (including phenoxy) is 2. The van der Waals surface area contributed by atoms with E-state index in [-0.39, 0.29) is 11.7 Å². The van der Waals surface area contributed by atoms with E-state index in [0.29, 0.717) is 22.7 Å². The number of fused-ring (bicyclic) bond motifs is 5. The van der Waals surface area contributed by atoms with Crippen LogP contribution in [0.1, 0.15) is 27.5 Å². The fourth-order valence-electron chi connectivity index (χ4n) is 5.84. The number of carbonyl (C=O) groups excluding carboxylic acids is 3. The monoisotopic (exact) mass is 480 g/mol. The van der Waals surface area contributed by atoms with Gasteiger partial charge in [0.2, 0.25) is 11.8 Å². The number of ketones is 1. The van der Waals surface area contributed by atoms with Crippen LogP contribution in [0.25, 0.3) is 6.08 Å². The highest BCUT2D eigenvalue weighted by atomic mass is 16.5. The van der Waals surface area contributed by atoms with Crippen molar-refractivity contribution in [3.05, 3.63) is 95.7 Å². The molecule has 6 rings (SSSR count). The first-order valence-corrected chi connectivity index (χ1v) is 11.8. The number of hydrogen-bond acceptors (Lipinski definition) is 6. The quantitative estimate of drug-likeness (QED) is 0.404. The fourth-order valence-corrected chi connectivity index (χ4v) is 5.84. The molecule has 2 fully saturated rings. The Kier molecular flexibility index (Phi) is 5.14. The lowest BCUT2D eigenvalue weighted by molar-refractivity contribution is -0.123. The van der Waals surface area contributed by atoms with E-state index >= 15 is 0 Å². The summed E-state index contributed by atoms with van der Waals surface area (Å²) in [5, 5.41) is 0. The third-order valence-corrected chi connectivity index (χ3v) is 7.42. The largest absolute Gasteiger partial charge is 0.497 e. The van der Waals surface area contributed by atoms with Crippen molar-refractivity contribution >= 4 is 29.4 Å². The Morgan fingerprint density at radius 2 is 1.56 bits per heavy atom. The number of anilines is 1. The minimum absolute atomic E-state index is 0.179. The first-order chi connectivity index (χ1) is 17.5. The molecular formula is C29H24N2O5. The van der Waals surface area contributed by atoms with Crippen molar-refractivity contribution in [2.24, 2.45) is 11.8 Å². The predicted octanol–water partition coefficient (Wildman–Crippen LogP) is 4.10. The molecule has 2 saturated heterocycles. The summed E-state index contributed by atoms with van der Waals surface area (Å²) < 4.78 is 10.8. The molecular weight excluding hydrogens is 456 g/mol. The maximum Gasteiger partial charge on any atom is 0.240 e. The van der Waals surface area contributed by atoms with Crippen LogP contribution in [-0.4, -0.2) is 42.8 Å². The highest BCUT2D eigenvalue weighted by molar-refractivity contribution is 6.25. The smallest absolute Gasteiger partial charge is 0.240 e. The molecule has 4 atom stereocenters. The third kappa shape index (κ3) is 3.09. The van der Waals surface area contributed by atoms with Gasteiger partial charge in [0.15, 0.2) is 5.78 Å². The van der Waals surface area contributed by atoms with Gasteiger partial charge in [-0.15, -0.1) is 0 Å². The van der Waals surface area contributed by atoms with E-state index in [9.17, 15) is 14.4 Å². The normalized spacial score (nSPS) is 23.8. The molecule has 0 unspecified atom stereocenters. The minimum Gasteiger partial charge on any atom is -0.497 e. The van der Waals surface area contributed by atoms with Crippen molar-refractivity contribution < 1.29 is 23.9 Å². The number of imide groups is 1. The van der Waals surface area contributed by atoms with Crippen LogP contribution in [0.15, 0.2) is 79.0 Å². The van der Waals surface area contributed by atoms with Crippen molar-refractivity contribution in [1.82, 2.24) is 4.90 Å². The van der Waals surface area contributed by atoms with E-state index in [1.54, 1.807) is 42.5 Å². The van der Waals surface area contributed by atoms with E-state index in [1.165, 1.54) is 19.1 Å². The summed E-state index contributed by atoms with van der Waals surface area (Å²) >= 11 is 0. The summed E-state index contributed by atoms with van der Waals surface area (Å²) in [6, 6.07) is 20.5. The number of Topliss-reactive ketones (excluding diaryl/α,β-unsaturated/α-hetero) is 1. The van der Waals surface area contributed by atoms with E-state index in [2.05, 4.69) is 0 Å². The van der Waals surface area contributed by atoms with Crippen LogP contribution < -0.4 is 14.4 Å². The summed E-state index contributed by atoms with van der Waals surface area (Å²) in [5.74, 6) is -1.57. The van der Waals surface area contributed by atoms with Crippen LogP contribution >= 0.6 is 0 Å². The van der Waals surface area contributed by atoms with E-state index in [4.69, 9.17) is 9.47 Å². The van der Waals surface area contributed by atoms with Gasteiger partial charge in [0.05, 0.1) is 37.8 Å². The predicted molar refractivity (Wildman–Crippen MR) is 134 cm³/mol. The molecule has 7 heteroatoms. The van der Waals surface area contributed by atoms with Crippen molar-refractivity contribution in [2.45, 2.75) is 12.1 Å². The molecule has 3 aliphatic heterocycles. The average molecular weight is 481 g/mol. The minimum atomic E-state index is -0.835. The first-order valence-electron chi connectivity index (χ1n) is 11.8. The Labute approximate surface area is 208 Å². The molecule has 0 saturated carbocycles. The third-order valence-electron chi connectivity index (χ3n) is 7.42. The summed E-state index contributed by atoms with van der Waals surface area (Å²) in [4.78, 5) is 45.0. The zero-order chi connectivity index (χ0) is 25.0. The van der Waals surface area contributed by atoms with Crippen LogP contribution in [-0.2, 0) is 9.59 Å². The maximum atomic E-state index is 14.0. The average Bonchev–Trinajstić information content (AvgIpc) is 3.40. The fraction of sp³-hybridized carbons (Fsp3) is 0.207. The molecule has 3 aromatic rings. The van der Waals surface area contributed by atoms with Crippen LogP contribution in [0.2, 0.25) is 0 Å². The van der Waals surface area contributed by atoms with Crippen molar-refractivity contribution in [1.29, 1.82) is 0 Å². The highest BCUT2D eigenvalue weighted by Gasteiger charge is 2.64. The van der Waals surface area contributed by atoms with Crippen LogP contribution in [0, 0.1) is 11.8 Å². The molecule has 3 aliphatic rings.